The Balaban J connectivity index is 2.43. The van der Waals surface area contributed by atoms with Gasteiger partial charge in [0, 0.05) is 10.8 Å². The highest BCUT2D eigenvalue weighted by Gasteiger charge is 2.10. The Morgan fingerprint density at radius 1 is 0.833 bits per heavy atom. The summed E-state index contributed by atoms with van der Waals surface area (Å²) in [4.78, 5) is 3.17. The molecule has 2 nitrogen and oxygen atoms in total. The van der Waals surface area contributed by atoms with E-state index in [-0.39, 0.29) is 0 Å². The van der Waals surface area contributed by atoms with Crippen molar-refractivity contribution in [1.82, 2.24) is 4.98 Å². The lowest BCUT2D eigenvalue weighted by Crippen LogP contribution is -1.80. The number of fused-ring (bicyclic) bond motifs is 5. The fourth-order valence-corrected chi connectivity index (χ4v) is 2.74. The highest BCUT2D eigenvalue weighted by Crippen LogP contribution is 2.33. The Morgan fingerprint density at radius 3 is 2.33 bits per heavy atom. The van der Waals surface area contributed by atoms with Gasteiger partial charge >= 0.3 is 0 Å². The summed E-state index contributed by atoms with van der Waals surface area (Å²) in [5.74, 6) is 0. The fraction of sp³-hybridized carbons (Fsp3) is 0. The molecule has 2 aromatic carbocycles. The van der Waals surface area contributed by atoms with Crippen LogP contribution >= 0.6 is 12.2 Å². The predicted molar refractivity (Wildman–Crippen MR) is 76.4 cm³/mol. The lowest BCUT2D eigenvalue weighted by molar-refractivity contribution is 0.654. The monoisotopic (exact) mass is 251 g/mol. The molecule has 3 heteroatoms. The highest BCUT2D eigenvalue weighted by atomic mass is 32.1. The molecule has 86 valence electrons. The summed E-state index contributed by atoms with van der Waals surface area (Å²) in [6.07, 6.45) is 0. The molecule has 0 aliphatic heterocycles. The maximum atomic E-state index is 5.82. The molecular weight excluding hydrogens is 242 g/mol. The minimum absolute atomic E-state index is 0.720. The molecule has 0 spiro atoms. The van der Waals surface area contributed by atoms with Gasteiger partial charge in [0.15, 0.2) is 0 Å². The van der Waals surface area contributed by atoms with Crippen molar-refractivity contribution in [3.63, 3.8) is 0 Å². The van der Waals surface area contributed by atoms with Gasteiger partial charge in [-0.05, 0) is 11.5 Å². The van der Waals surface area contributed by atoms with Crippen molar-refractivity contribution in [3.8, 4) is 0 Å². The van der Waals surface area contributed by atoms with Crippen LogP contribution in [0.1, 0.15) is 0 Å². The van der Waals surface area contributed by atoms with Gasteiger partial charge in [-0.1, -0.05) is 54.7 Å². The van der Waals surface area contributed by atoms with Gasteiger partial charge in [0.2, 0.25) is 5.71 Å². The summed E-state index contributed by atoms with van der Waals surface area (Å²) in [6.45, 7) is 0. The Hall–Kier alpha value is -2.13. The molecule has 0 fully saturated rings. The minimum Gasteiger partial charge on any atom is -0.440 e. The first-order valence-corrected chi connectivity index (χ1v) is 6.18. The zero-order chi connectivity index (χ0) is 12.1. The van der Waals surface area contributed by atoms with E-state index in [1.165, 1.54) is 0 Å². The van der Waals surface area contributed by atoms with Crippen LogP contribution < -0.4 is 0 Å². The number of para-hydroxylation sites is 1. The molecule has 0 amide bonds. The van der Waals surface area contributed by atoms with Gasteiger partial charge in [-0.3, -0.25) is 0 Å². The standard InChI is InChI=1S/C15H9NOS/c18-15-10-6-2-1-5-9(10)13-11-7-3-4-8-12(11)17-14(13)16-15/h1-8H,(H,16,18). The molecule has 0 unspecified atom stereocenters. The van der Waals surface area contributed by atoms with Crippen LogP contribution in [0.3, 0.4) is 0 Å². The van der Waals surface area contributed by atoms with Gasteiger partial charge in [0.1, 0.15) is 10.2 Å². The van der Waals surface area contributed by atoms with Gasteiger partial charge < -0.3 is 9.40 Å². The van der Waals surface area contributed by atoms with Gasteiger partial charge in [0.25, 0.3) is 0 Å². The van der Waals surface area contributed by atoms with Crippen molar-refractivity contribution in [1.29, 1.82) is 0 Å². The summed E-state index contributed by atoms with van der Waals surface area (Å²) < 4.78 is 6.54. The van der Waals surface area contributed by atoms with Gasteiger partial charge in [-0.15, -0.1) is 0 Å². The Labute approximate surface area is 108 Å². The van der Waals surface area contributed by atoms with E-state index < -0.39 is 0 Å². The van der Waals surface area contributed by atoms with Crippen molar-refractivity contribution in [2.24, 2.45) is 0 Å². The van der Waals surface area contributed by atoms with E-state index >= 15 is 0 Å². The maximum Gasteiger partial charge on any atom is 0.207 e. The number of aromatic nitrogens is 1. The number of H-pyrrole nitrogens is 1. The molecular formula is C15H9NOS. The van der Waals surface area contributed by atoms with E-state index in [4.69, 9.17) is 16.6 Å². The second-order valence-corrected chi connectivity index (χ2v) is 4.71. The van der Waals surface area contributed by atoms with Crippen LogP contribution in [0.4, 0.5) is 0 Å². The first-order valence-electron chi connectivity index (χ1n) is 5.77. The molecule has 0 aliphatic rings. The number of aromatic amines is 1. The molecule has 18 heavy (non-hydrogen) atoms. The predicted octanol–water partition coefficient (Wildman–Crippen LogP) is 4.80. The maximum absolute atomic E-state index is 5.82. The van der Waals surface area contributed by atoms with Crippen molar-refractivity contribution in [2.45, 2.75) is 0 Å². The number of furan rings is 1. The second kappa shape index (κ2) is 3.43. The zero-order valence-corrected chi connectivity index (χ0v) is 10.3. The van der Waals surface area contributed by atoms with Gasteiger partial charge in [-0.2, -0.15) is 0 Å². The quantitative estimate of drug-likeness (QED) is 0.455. The third-order valence-electron chi connectivity index (χ3n) is 3.26. The fourth-order valence-electron chi connectivity index (χ4n) is 2.47. The zero-order valence-electron chi connectivity index (χ0n) is 9.44. The third-order valence-corrected chi connectivity index (χ3v) is 3.59. The largest absolute Gasteiger partial charge is 0.440 e. The first kappa shape index (κ1) is 9.85. The van der Waals surface area contributed by atoms with E-state index in [0.717, 1.165) is 37.5 Å². The van der Waals surface area contributed by atoms with Crippen LogP contribution in [0.25, 0.3) is 32.8 Å². The normalized spacial score (nSPS) is 11.6. The summed E-state index contributed by atoms with van der Waals surface area (Å²) in [7, 11) is 0. The van der Waals surface area contributed by atoms with Crippen LogP contribution in [-0.4, -0.2) is 4.98 Å². The van der Waals surface area contributed by atoms with Crippen molar-refractivity contribution >= 4 is 45.1 Å². The number of pyridine rings is 1. The van der Waals surface area contributed by atoms with Crippen LogP contribution in [0.5, 0.6) is 0 Å². The number of nitrogens with one attached hydrogen (secondary N) is 1. The van der Waals surface area contributed by atoms with Crippen molar-refractivity contribution in [2.75, 3.05) is 0 Å². The SMILES string of the molecule is S=c1[nH]c2oc3ccccc3c2c2ccccc12. The smallest absolute Gasteiger partial charge is 0.207 e. The lowest BCUT2D eigenvalue weighted by atomic mass is 10.1. The highest BCUT2D eigenvalue weighted by molar-refractivity contribution is 7.71. The molecule has 0 atom stereocenters. The molecule has 4 rings (SSSR count). The van der Waals surface area contributed by atoms with Crippen LogP contribution in [-0.2, 0) is 0 Å². The first-order chi connectivity index (χ1) is 8.84. The van der Waals surface area contributed by atoms with Gasteiger partial charge in [0.05, 0.1) is 5.39 Å². The molecule has 4 aromatic rings. The van der Waals surface area contributed by atoms with Crippen LogP contribution in [0, 0.1) is 4.64 Å². The Bertz CT molecular complexity index is 949. The molecule has 2 aromatic heterocycles. The second-order valence-electron chi connectivity index (χ2n) is 4.30. The van der Waals surface area contributed by atoms with E-state index in [9.17, 15) is 0 Å². The summed E-state index contributed by atoms with van der Waals surface area (Å²) in [6, 6.07) is 16.2. The van der Waals surface area contributed by atoms with Crippen LogP contribution in [0.2, 0.25) is 0 Å². The van der Waals surface area contributed by atoms with E-state index in [1.807, 2.05) is 36.4 Å². The molecule has 0 aliphatic carbocycles. The number of hydrogen-bond acceptors (Lipinski definition) is 2. The van der Waals surface area contributed by atoms with E-state index in [1.54, 1.807) is 0 Å². The van der Waals surface area contributed by atoms with E-state index in [0.29, 0.717) is 0 Å². The molecule has 0 saturated heterocycles. The van der Waals surface area contributed by atoms with Crippen molar-refractivity contribution in [3.05, 3.63) is 53.2 Å². The molecule has 2 heterocycles. The summed E-state index contributed by atoms with van der Waals surface area (Å²) >= 11 is 5.37. The number of benzene rings is 2. The van der Waals surface area contributed by atoms with Crippen LogP contribution in [0.15, 0.2) is 52.9 Å². The molecule has 0 radical (unpaired) electrons. The lowest BCUT2D eigenvalue weighted by Gasteiger charge is -1.99. The average molecular weight is 251 g/mol. The molecule has 0 bridgehead atoms. The van der Waals surface area contributed by atoms with Crippen molar-refractivity contribution < 1.29 is 4.42 Å². The topological polar surface area (TPSA) is 28.9 Å². The number of rotatable bonds is 0. The van der Waals surface area contributed by atoms with E-state index in [2.05, 4.69) is 17.1 Å². The Morgan fingerprint density at radius 2 is 1.50 bits per heavy atom. The molecule has 0 saturated carbocycles. The summed E-state index contributed by atoms with van der Waals surface area (Å²) in [5, 5.41) is 4.43. The number of hydrogen-bond donors (Lipinski definition) is 1. The summed E-state index contributed by atoms with van der Waals surface area (Å²) in [5.41, 5.74) is 1.63. The molecule has 1 N–H and O–H groups in total. The minimum atomic E-state index is 0.720. The average Bonchev–Trinajstić information content (AvgIpc) is 2.77. The Kier molecular flexibility index (Phi) is 1.88. The third kappa shape index (κ3) is 1.19. The van der Waals surface area contributed by atoms with Gasteiger partial charge in [-0.25, -0.2) is 0 Å².